The van der Waals surface area contributed by atoms with Crippen LogP contribution in [0.25, 0.3) is 56.3 Å². The molecule has 0 atom stereocenters. The molecule has 0 spiro atoms. The Hall–Kier alpha value is -9.31. The van der Waals surface area contributed by atoms with Crippen molar-refractivity contribution in [3.63, 3.8) is 0 Å². The molecular formula is C67H46F10Ir5N13O6-5. The Morgan fingerprint density at radius 1 is 0.366 bits per heavy atom. The van der Waals surface area contributed by atoms with Gasteiger partial charge >= 0.3 is 11.9 Å². The Balaban J connectivity index is 0.000000590. The molecule has 0 aromatic carbocycles. The van der Waals surface area contributed by atoms with E-state index in [1.807, 2.05) is 25.9 Å². The summed E-state index contributed by atoms with van der Waals surface area (Å²) in [4.78, 5) is 64.4. The number of carboxylic acids is 2. The molecule has 535 valence electrons. The van der Waals surface area contributed by atoms with Crippen LogP contribution in [0.1, 0.15) is 26.5 Å². The van der Waals surface area contributed by atoms with Gasteiger partial charge in [-0.15, -0.1) is 30.3 Å². The van der Waals surface area contributed by atoms with Gasteiger partial charge in [0.1, 0.15) is 82.4 Å². The van der Waals surface area contributed by atoms with Crippen LogP contribution in [0.3, 0.4) is 0 Å². The molecule has 12 aromatic rings. The van der Waals surface area contributed by atoms with E-state index in [0.29, 0.717) is 40.0 Å². The molecule has 0 bridgehead atoms. The third-order valence-electron chi connectivity index (χ3n) is 11.6. The average molecular weight is 2280 g/mol. The Labute approximate surface area is 637 Å². The van der Waals surface area contributed by atoms with Crippen LogP contribution in [0.5, 0.6) is 11.5 Å². The molecule has 0 saturated carbocycles. The summed E-state index contributed by atoms with van der Waals surface area (Å²) in [5, 5.41) is 16.6. The quantitative estimate of drug-likeness (QED) is 0.0733. The normalized spacial score (nSPS) is 9.50. The van der Waals surface area contributed by atoms with Gasteiger partial charge in [-0.1, -0.05) is 100 Å². The third-order valence-corrected chi connectivity index (χ3v) is 11.6. The van der Waals surface area contributed by atoms with Crippen LogP contribution in [0.2, 0.25) is 0 Å². The minimum atomic E-state index is -0.990. The molecule has 0 amide bonds. The predicted molar refractivity (Wildman–Crippen MR) is 326 cm³/mol. The van der Waals surface area contributed by atoms with Gasteiger partial charge < -0.3 is 49.5 Å². The molecule has 0 unspecified atom stereocenters. The van der Waals surface area contributed by atoms with Crippen molar-refractivity contribution in [2.24, 2.45) is 0 Å². The number of ether oxygens (including phenoxy) is 2. The zero-order valence-electron chi connectivity index (χ0n) is 52.0. The number of carbonyl (C=O) groups is 2. The molecule has 0 saturated heterocycles. The molecule has 12 rings (SSSR count). The van der Waals surface area contributed by atoms with Gasteiger partial charge in [0.15, 0.2) is 0 Å². The number of rotatable bonds is 10. The minimum absolute atomic E-state index is 0. The van der Waals surface area contributed by atoms with Crippen LogP contribution in [0, 0.1) is 96.7 Å². The second-order valence-electron chi connectivity index (χ2n) is 18.4. The van der Waals surface area contributed by atoms with Crippen molar-refractivity contribution in [2.75, 3.05) is 33.2 Å². The van der Waals surface area contributed by atoms with Crippen molar-refractivity contribution in [1.29, 1.82) is 0 Å². The van der Waals surface area contributed by atoms with E-state index in [-0.39, 0.29) is 140 Å². The maximum absolute atomic E-state index is 13.4. The van der Waals surface area contributed by atoms with Crippen molar-refractivity contribution in [2.45, 2.75) is 6.92 Å². The van der Waals surface area contributed by atoms with E-state index in [1.165, 1.54) is 69.5 Å². The van der Waals surface area contributed by atoms with Gasteiger partial charge in [-0.2, -0.15) is 0 Å². The molecule has 101 heavy (non-hydrogen) atoms. The number of carboxylic acid groups (broad SMARTS) is 2. The topological polar surface area (TPSA) is 251 Å². The van der Waals surface area contributed by atoms with Gasteiger partial charge in [0.25, 0.3) is 0 Å². The standard InChI is InChI=1S/C12H10F2N3.2C11H7F2N2O.C11H7F2N2.C10H5F2N2.2C6H5NO2.5Ir/c1-17(2)8-5-6-15-10(7-8)9-3-4-11(13)16-12(9)14;2*1-16-7-4-5-14-9(6-7)8-2-3-10(12)15-11(8)13;1-7-4-5-14-9(6-7)8-2-3-10(12)15-11(8)13;11-9-5-4-7(10(12)14-9)8-3-1-2-6-13-8;2*8-6(9)5-3-1-2-4-7-5;;;;;/h4-7H,1-2H3;2*3-6H,1H3;3-6H,1H3;1-3,5-6H;2*1-4H,(H,8,9);;;;;/q5*-1;;;;;;;. The number of pyridine rings is 12. The predicted octanol–water partition coefficient (Wildman–Crippen LogP) is 13.0. The Kier molecular flexibility index (Phi) is 41.0. The van der Waals surface area contributed by atoms with E-state index >= 15 is 0 Å². The van der Waals surface area contributed by atoms with E-state index in [1.54, 1.807) is 91.3 Å². The van der Waals surface area contributed by atoms with Gasteiger partial charge in [0.2, 0.25) is 0 Å². The molecule has 12 heterocycles. The van der Waals surface area contributed by atoms with Crippen molar-refractivity contribution >= 4 is 17.6 Å². The molecule has 34 heteroatoms. The Morgan fingerprint density at radius 2 is 0.653 bits per heavy atom. The van der Waals surface area contributed by atoms with E-state index in [4.69, 9.17) is 19.7 Å². The number of halogens is 10. The maximum atomic E-state index is 13.4. The van der Waals surface area contributed by atoms with Crippen molar-refractivity contribution in [3.8, 4) is 67.8 Å². The largest absolute Gasteiger partial charge is 0.497 e. The van der Waals surface area contributed by atoms with Crippen LogP contribution in [-0.2, 0) is 101 Å². The zero-order valence-corrected chi connectivity index (χ0v) is 64.0. The molecule has 0 aliphatic carbocycles. The van der Waals surface area contributed by atoms with Crippen molar-refractivity contribution in [1.82, 2.24) is 59.8 Å². The summed E-state index contributed by atoms with van der Waals surface area (Å²) in [6.45, 7) is 1.86. The Morgan fingerprint density at radius 3 is 0.921 bits per heavy atom. The molecule has 0 aliphatic rings. The smallest absolute Gasteiger partial charge is 0.354 e. The molecule has 5 radical (unpaired) electrons. The van der Waals surface area contributed by atoms with E-state index in [2.05, 4.69) is 90.1 Å². The summed E-state index contributed by atoms with van der Waals surface area (Å²) < 4.78 is 139. The number of nitrogens with zero attached hydrogens (tertiary/aromatic N) is 13. The number of aromatic carboxylic acids is 2. The number of aromatic nitrogens is 12. The number of methoxy groups -OCH3 is 2. The van der Waals surface area contributed by atoms with E-state index < -0.39 is 71.4 Å². The fourth-order valence-electron chi connectivity index (χ4n) is 7.11. The summed E-state index contributed by atoms with van der Waals surface area (Å²) in [5.74, 6) is -10.0. The van der Waals surface area contributed by atoms with Gasteiger partial charge in [-0.25, -0.2) is 63.5 Å². The van der Waals surface area contributed by atoms with Crippen LogP contribution in [0.15, 0.2) is 177 Å². The molecular weight excluding hydrogens is 2230 g/mol. The Bertz CT molecular complexity index is 4390. The maximum Gasteiger partial charge on any atom is 0.354 e. The fourth-order valence-corrected chi connectivity index (χ4v) is 7.11. The summed E-state index contributed by atoms with van der Waals surface area (Å²) in [5.41, 5.74) is 3.98. The van der Waals surface area contributed by atoms with E-state index in [9.17, 15) is 53.5 Å². The zero-order chi connectivity index (χ0) is 69.7. The van der Waals surface area contributed by atoms with Crippen LogP contribution in [-0.4, -0.2) is 110 Å². The average Bonchev–Trinajstić information content (AvgIpc) is 0.864. The van der Waals surface area contributed by atoms with Gasteiger partial charge in [0.05, 0.1) is 14.2 Å². The van der Waals surface area contributed by atoms with Crippen molar-refractivity contribution < 1.29 is 174 Å². The number of hydrogen-bond donors (Lipinski definition) is 2. The second kappa shape index (κ2) is 46.2. The first-order chi connectivity index (χ1) is 46.0. The SMILES string of the molecule is CN(C)c1ccnc(-c2[c-]cc(F)nc2F)c1.COc1ccnc(-c2[c-]cc(F)nc2F)c1.COc1ccnc(-c2[c-]cc(F)nc2F)c1.Cc1ccnc(-c2[c-]cc(F)nc2F)c1.Fc1c[c-]c(-c2ccccn2)c(F)n1.O=C(O)c1ccccn1.O=C(O)c1ccccn1.[Ir].[Ir].[Ir].[Ir].[Ir]. The molecule has 19 nitrogen and oxygen atoms in total. The second-order valence-corrected chi connectivity index (χ2v) is 18.4. The molecule has 2 N–H and O–H groups in total. The number of anilines is 1. The monoisotopic (exact) mass is 2280 g/mol. The first-order valence-electron chi connectivity index (χ1n) is 27.0. The molecule has 12 aromatic heterocycles. The number of hydrogen-bond acceptors (Lipinski definition) is 17. The molecule has 0 aliphatic heterocycles. The minimum Gasteiger partial charge on any atom is -0.497 e. The first-order valence-corrected chi connectivity index (χ1v) is 27.0. The number of aryl methyl sites for hydroxylation is 1. The van der Waals surface area contributed by atoms with Gasteiger partial charge in [0, 0.05) is 164 Å². The van der Waals surface area contributed by atoms with Crippen LogP contribution in [0.4, 0.5) is 49.6 Å². The van der Waals surface area contributed by atoms with Gasteiger partial charge in [-0.3, -0.25) is 24.9 Å². The van der Waals surface area contributed by atoms with Gasteiger partial charge in [-0.05, 0) is 102 Å². The third kappa shape index (κ3) is 29.4. The fraction of sp³-hybridized carbons (Fsp3) is 0.0746. The summed E-state index contributed by atoms with van der Waals surface area (Å²) in [6, 6.07) is 44.9. The van der Waals surface area contributed by atoms with Crippen LogP contribution >= 0.6 is 0 Å². The van der Waals surface area contributed by atoms with E-state index in [0.717, 1.165) is 41.6 Å². The van der Waals surface area contributed by atoms with Crippen LogP contribution < -0.4 is 14.4 Å². The summed E-state index contributed by atoms with van der Waals surface area (Å²) in [7, 11) is 6.70. The molecule has 0 fully saturated rings. The first kappa shape index (κ1) is 89.7. The summed E-state index contributed by atoms with van der Waals surface area (Å²) >= 11 is 0. The van der Waals surface area contributed by atoms with Crippen molar-refractivity contribution in [3.05, 3.63) is 284 Å². The summed E-state index contributed by atoms with van der Waals surface area (Å²) in [6.07, 6.45) is 10.5.